The van der Waals surface area contributed by atoms with Crippen LogP contribution in [0.4, 0.5) is 18.9 Å². The Hall–Kier alpha value is -3.86. The number of nitrogens with zero attached hydrogens (tertiary/aromatic N) is 2. The number of carbonyl (C=O) groups excluding carboxylic acids is 1. The van der Waals surface area contributed by atoms with Gasteiger partial charge in [0.2, 0.25) is 0 Å². The Bertz CT molecular complexity index is 1360. The number of benzene rings is 2. The van der Waals surface area contributed by atoms with E-state index in [2.05, 4.69) is 15.4 Å². The van der Waals surface area contributed by atoms with Crippen molar-refractivity contribution in [1.82, 2.24) is 14.6 Å². The van der Waals surface area contributed by atoms with E-state index in [0.717, 1.165) is 18.2 Å². The minimum absolute atomic E-state index is 0.0203. The molecule has 0 saturated heterocycles. The molecule has 4 rings (SSSR count). The maximum Gasteiger partial charge on any atom is 0.416 e. The van der Waals surface area contributed by atoms with Gasteiger partial charge in [0.25, 0.3) is 11.5 Å². The van der Waals surface area contributed by atoms with E-state index >= 15 is 0 Å². The minimum atomic E-state index is -4.61. The van der Waals surface area contributed by atoms with Crippen molar-refractivity contribution in [2.45, 2.75) is 6.18 Å². The van der Waals surface area contributed by atoms with Gasteiger partial charge in [0.1, 0.15) is 23.6 Å². The number of aromatic nitrogens is 3. The summed E-state index contributed by atoms with van der Waals surface area (Å²) < 4.78 is 51.3. The molecule has 0 atom stereocenters. The number of methoxy groups -OCH3 is 1. The van der Waals surface area contributed by atoms with Crippen LogP contribution >= 0.6 is 0 Å². The number of nitrogens with one attached hydrogen (secondary N) is 2. The van der Waals surface area contributed by atoms with Gasteiger partial charge < -0.3 is 19.8 Å². The number of rotatable bonds is 6. The largest absolute Gasteiger partial charge is 0.489 e. The molecule has 1 amide bonds. The highest BCUT2D eigenvalue weighted by molar-refractivity contribution is 6.09. The number of ether oxygens (including phenoxy) is 2. The van der Waals surface area contributed by atoms with Crippen molar-refractivity contribution in [1.29, 1.82) is 0 Å². The predicted molar refractivity (Wildman–Crippen MR) is 110 cm³/mol. The van der Waals surface area contributed by atoms with E-state index in [-0.39, 0.29) is 35.9 Å². The van der Waals surface area contributed by atoms with Gasteiger partial charge >= 0.3 is 6.18 Å². The topological polar surface area (TPSA) is 97.7 Å². The predicted octanol–water partition coefficient (Wildman–Crippen LogP) is 3.47. The van der Waals surface area contributed by atoms with Crippen molar-refractivity contribution in [3.8, 4) is 5.75 Å². The Labute approximate surface area is 178 Å². The molecule has 0 saturated carbocycles. The third-order valence-corrected chi connectivity index (χ3v) is 4.72. The van der Waals surface area contributed by atoms with Crippen LogP contribution in [0.2, 0.25) is 0 Å². The van der Waals surface area contributed by atoms with Gasteiger partial charge in [-0.2, -0.15) is 18.3 Å². The van der Waals surface area contributed by atoms with Crippen LogP contribution in [0.3, 0.4) is 0 Å². The third-order valence-electron chi connectivity index (χ3n) is 4.72. The molecule has 2 aromatic heterocycles. The Balaban J connectivity index is 1.73. The monoisotopic (exact) mass is 446 g/mol. The van der Waals surface area contributed by atoms with Crippen LogP contribution in [-0.4, -0.2) is 40.8 Å². The molecule has 0 aliphatic carbocycles. The molecule has 0 unspecified atom stereocenters. The maximum absolute atomic E-state index is 13.2. The molecule has 2 heterocycles. The fourth-order valence-corrected chi connectivity index (χ4v) is 3.20. The summed E-state index contributed by atoms with van der Waals surface area (Å²) in [5.41, 5.74) is -0.985. The number of H-pyrrole nitrogens is 1. The zero-order chi connectivity index (χ0) is 22.9. The van der Waals surface area contributed by atoms with E-state index in [9.17, 15) is 22.8 Å². The molecule has 0 fully saturated rings. The number of aromatic amines is 1. The van der Waals surface area contributed by atoms with Gasteiger partial charge in [-0.25, -0.2) is 4.52 Å². The van der Waals surface area contributed by atoms with Crippen LogP contribution in [0.15, 0.2) is 53.5 Å². The number of amides is 1. The van der Waals surface area contributed by atoms with Crippen LogP contribution in [0.1, 0.15) is 15.9 Å². The number of alkyl halides is 3. The molecule has 0 radical (unpaired) electrons. The first-order valence-corrected chi connectivity index (χ1v) is 9.42. The van der Waals surface area contributed by atoms with Gasteiger partial charge in [-0.05, 0) is 30.3 Å². The second kappa shape index (κ2) is 8.35. The SMILES string of the molecule is COCCOc1ccc(C(F)(F)F)cc1NC(=O)c1cnn2c1[nH]c(=O)c1ccccc12. The summed E-state index contributed by atoms with van der Waals surface area (Å²) in [6.07, 6.45) is -3.38. The van der Waals surface area contributed by atoms with Crippen molar-refractivity contribution in [2.24, 2.45) is 0 Å². The zero-order valence-corrected chi connectivity index (χ0v) is 16.7. The third kappa shape index (κ3) is 4.02. The molecular weight excluding hydrogens is 429 g/mol. The number of anilines is 1. The van der Waals surface area contributed by atoms with Crippen LogP contribution < -0.4 is 15.6 Å². The van der Waals surface area contributed by atoms with Crippen molar-refractivity contribution < 1.29 is 27.4 Å². The first kappa shape index (κ1) is 21.4. The van der Waals surface area contributed by atoms with Crippen LogP contribution in [-0.2, 0) is 10.9 Å². The number of fused-ring (bicyclic) bond motifs is 3. The number of para-hydroxylation sites is 1. The second-order valence-corrected chi connectivity index (χ2v) is 6.79. The van der Waals surface area contributed by atoms with Crippen molar-refractivity contribution in [3.63, 3.8) is 0 Å². The number of hydrogen-bond acceptors (Lipinski definition) is 5. The smallest absolute Gasteiger partial charge is 0.416 e. The molecule has 0 aliphatic rings. The molecule has 8 nitrogen and oxygen atoms in total. The molecule has 4 aromatic rings. The number of halogens is 3. The van der Waals surface area contributed by atoms with Gasteiger partial charge in [0.15, 0.2) is 0 Å². The Morgan fingerprint density at radius 3 is 2.72 bits per heavy atom. The summed E-state index contributed by atoms with van der Waals surface area (Å²) >= 11 is 0. The molecule has 2 aromatic carbocycles. The molecule has 0 aliphatic heterocycles. The lowest BCUT2D eigenvalue weighted by atomic mass is 10.1. The zero-order valence-electron chi connectivity index (χ0n) is 16.7. The Morgan fingerprint density at radius 1 is 1.19 bits per heavy atom. The highest BCUT2D eigenvalue weighted by atomic mass is 19.4. The molecule has 166 valence electrons. The van der Waals surface area contributed by atoms with Crippen LogP contribution in [0.5, 0.6) is 5.75 Å². The summed E-state index contributed by atoms with van der Waals surface area (Å²) in [6, 6.07) is 9.45. The van der Waals surface area contributed by atoms with E-state index in [4.69, 9.17) is 9.47 Å². The lowest BCUT2D eigenvalue weighted by Gasteiger charge is -2.15. The molecule has 32 heavy (non-hydrogen) atoms. The van der Waals surface area contributed by atoms with E-state index in [0.29, 0.717) is 10.9 Å². The van der Waals surface area contributed by atoms with Crippen LogP contribution in [0.25, 0.3) is 16.6 Å². The molecule has 2 N–H and O–H groups in total. The maximum atomic E-state index is 13.2. The average Bonchev–Trinajstić information content (AvgIpc) is 3.18. The second-order valence-electron chi connectivity index (χ2n) is 6.79. The van der Waals surface area contributed by atoms with Crippen molar-refractivity contribution in [2.75, 3.05) is 25.6 Å². The van der Waals surface area contributed by atoms with E-state index in [1.807, 2.05) is 0 Å². The highest BCUT2D eigenvalue weighted by Crippen LogP contribution is 2.35. The van der Waals surface area contributed by atoms with Gasteiger partial charge in [-0.15, -0.1) is 0 Å². The van der Waals surface area contributed by atoms with Crippen molar-refractivity contribution >= 4 is 28.1 Å². The van der Waals surface area contributed by atoms with Gasteiger partial charge in [0, 0.05) is 7.11 Å². The Morgan fingerprint density at radius 2 is 1.97 bits per heavy atom. The summed E-state index contributed by atoms with van der Waals surface area (Å²) in [6.45, 7) is 0.275. The van der Waals surface area contributed by atoms with Crippen LogP contribution in [0, 0.1) is 0 Å². The van der Waals surface area contributed by atoms with Gasteiger partial charge in [-0.3, -0.25) is 9.59 Å². The van der Waals surface area contributed by atoms with E-state index in [1.54, 1.807) is 24.3 Å². The normalized spacial score (nSPS) is 11.8. The number of hydrogen-bond donors (Lipinski definition) is 2. The van der Waals surface area contributed by atoms with Gasteiger partial charge in [0.05, 0.1) is 35.0 Å². The fourth-order valence-electron chi connectivity index (χ4n) is 3.20. The highest BCUT2D eigenvalue weighted by Gasteiger charge is 2.31. The molecule has 0 bridgehead atoms. The standard InChI is InChI=1S/C21H17F3N4O4/c1-31-8-9-32-17-7-6-12(21(22,23)24)10-15(17)26-20(30)14-11-25-28-16-5-3-2-4-13(16)19(29)27-18(14)28/h2-7,10-11H,8-9H2,1H3,(H,26,30)(H,27,29). The first-order valence-electron chi connectivity index (χ1n) is 9.42. The summed E-state index contributed by atoms with van der Waals surface area (Å²) in [5.74, 6) is -0.722. The summed E-state index contributed by atoms with van der Waals surface area (Å²) in [4.78, 5) is 27.9. The quantitative estimate of drug-likeness (QED) is 0.442. The van der Waals surface area contributed by atoms with Gasteiger partial charge in [-0.1, -0.05) is 12.1 Å². The molecular formula is C21H17F3N4O4. The first-order chi connectivity index (χ1) is 15.3. The van der Waals surface area contributed by atoms with E-state index < -0.39 is 23.2 Å². The van der Waals surface area contributed by atoms with E-state index in [1.165, 1.54) is 17.8 Å². The lowest BCUT2D eigenvalue weighted by Crippen LogP contribution is -2.17. The minimum Gasteiger partial charge on any atom is -0.489 e. The summed E-state index contributed by atoms with van der Waals surface area (Å²) in [7, 11) is 1.45. The number of carbonyl (C=O) groups is 1. The van der Waals surface area contributed by atoms with Crippen molar-refractivity contribution in [3.05, 3.63) is 70.1 Å². The summed E-state index contributed by atoms with van der Waals surface area (Å²) in [5, 5.41) is 6.96. The lowest BCUT2D eigenvalue weighted by molar-refractivity contribution is -0.137. The Kier molecular flexibility index (Phi) is 5.57. The fraction of sp³-hybridized carbons (Fsp3) is 0.190. The molecule has 11 heteroatoms. The molecule has 0 spiro atoms. The average molecular weight is 446 g/mol.